The van der Waals surface area contributed by atoms with Gasteiger partial charge in [0.05, 0.1) is 6.61 Å². The van der Waals surface area contributed by atoms with Gasteiger partial charge in [-0.05, 0) is 49.7 Å². The van der Waals surface area contributed by atoms with Crippen LogP contribution < -0.4 is 21.0 Å². The number of rotatable bonds is 11. The van der Waals surface area contributed by atoms with Crippen LogP contribution in [-0.2, 0) is 30.0 Å². The molecule has 5 atom stereocenters. The van der Waals surface area contributed by atoms with Gasteiger partial charge in [-0.25, -0.2) is 13.8 Å². The van der Waals surface area contributed by atoms with E-state index in [-0.39, 0.29) is 18.2 Å². The van der Waals surface area contributed by atoms with Gasteiger partial charge in [0, 0.05) is 11.2 Å². The highest BCUT2D eigenvalue weighted by Crippen LogP contribution is 2.47. The Balaban J connectivity index is 1.50. The number of nitrogen functional groups attached to an aromatic ring is 1. The van der Waals surface area contributed by atoms with E-state index in [0.717, 1.165) is 10.1 Å². The van der Waals surface area contributed by atoms with E-state index in [9.17, 15) is 23.7 Å². The summed E-state index contributed by atoms with van der Waals surface area (Å²) in [5.41, 5.74) is 3.74. The summed E-state index contributed by atoms with van der Waals surface area (Å²) in [5.74, 6) is -0.759. The summed E-state index contributed by atoms with van der Waals surface area (Å²) >= 11 is 5.93. The van der Waals surface area contributed by atoms with Crippen LogP contribution in [0.15, 0.2) is 71.7 Å². The first-order valence-electron chi connectivity index (χ1n) is 12.4. The maximum absolute atomic E-state index is 15.0. The minimum atomic E-state index is -4.44. The van der Waals surface area contributed by atoms with E-state index < -0.39 is 56.2 Å². The van der Waals surface area contributed by atoms with E-state index in [1.54, 1.807) is 24.3 Å². The van der Waals surface area contributed by atoms with Crippen molar-refractivity contribution in [3.63, 3.8) is 0 Å². The standard InChI is InChI=1S/C26H29ClFN4O8P/c1-26(2,24(34)37-14-16-6-4-3-5-7-16)31-41(36,40-18-10-8-17(27)9-11-18)38-15-19-22(33)21(28)23(39-19)32-13-12-20(29)30-25(32)35/h3-13,19,21-23,33H,14-15H2,1-2H3,(H,31,36)(H2,29,30,35). The van der Waals surface area contributed by atoms with Gasteiger partial charge in [0.15, 0.2) is 12.4 Å². The molecule has 0 saturated carbocycles. The SMILES string of the molecule is CC(C)(NP(=O)(OCC1OC(n2ccc(N)nc2=O)C(F)C1O)Oc1ccc(Cl)cc1)C(=O)OCc1ccccc1. The van der Waals surface area contributed by atoms with Gasteiger partial charge in [-0.3, -0.25) is 13.9 Å². The van der Waals surface area contributed by atoms with E-state index in [1.807, 2.05) is 6.07 Å². The van der Waals surface area contributed by atoms with Crippen molar-refractivity contribution in [1.82, 2.24) is 14.6 Å². The van der Waals surface area contributed by atoms with E-state index in [2.05, 4.69) is 10.1 Å². The fraction of sp³-hybridized carbons (Fsp3) is 0.346. The lowest BCUT2D eigenvalue weighted by atomic mass is 10.1. The molecule has 4 N–H and O–H groups in total. The molecule has 2 heterocycles. The summed E-state index contributed by atoms with van der Waals surface area (Å²) in [6.45, 7) is 2.14. The van der Waals surface area contributed by atoms with Crippen LogP contribution in [0.25, 0.3) is 0 Å². The molecule has 0 amide bonds. The minimum absolute atomic E-state index is 0.0330. The molecule has 0 radical (unpaired) electrons. The number of anilines is 1. The van der Waals surface area contributed by atoms with Crippen LogP contribution in [-0.4, -0.2) is 51.2 Å². The van der Waals surface area contributed by atoms with Crippen molar-refractivity contribution in [3.8, 4) is 5.75 Å². The second-order valence-electron chi connectivity index (χ2n) is 9.68. The van der Waals surface area contributed by atoms with Gasteiger partial charge in [-0.15, -0.1) is 0 Å². The number of aliphatic hydroxyl groups is 1. The highest BCUT2D eigenvalue weighted by atomic mass is 35.5. The lowest BCUT2D eigenvalue weighted by Gasteiger charge is -2.30. The normalized spacial score (nSPS) is 22.2. The molecule has 1 aliphatic rings. The zero-order valence-electron chi connectivity index (χ0n) is 22.1. The highest BCUT2D eigenvalue weighted by Gasteiger charge is 2.48. The third-order valence-electron chi connectivity index (χ3n) is 6.01. The maximum Gasteiger partial charge on any atom is 0.459 e. The monoisotopic (exact) mass is 610 g/mol. The fourth-order valence-corrected chi connectivity index (χ4v) is 5.67. The number of aromatic nitrogens is 2. The van der Waals surface area contributed by atoms with Crippen LogP contribution in [0.2, 0.25) is 5.02 Å². The second-order valence-corrected chi connectivity index (χ2v) is 11.8. The number of halogens is 2. The molecule has 0 spiro atoms. The Hall–Kier alpha value is -3.32. The molecule has 12 nitrogen and oxygen atoms in total. The Morgan fingerprint density at radius 1 is 1.22 bits per heavy atom. The number of carbonyl (C=O) groups is 1. The molecule has 15 heteroatoms. The fourth-order valence-electron chi connectivity index (χ4n) is 3.86. The van der Waals surface area contributed by atoms with Crippen LogP contribution in [0, 0.1) is 0 Å². The van der Waals surface area contributed by atoms with Crippen molar-refractivity contribution < 1.29 is 37.4 Å². The van der Waals surface area contributed by atoms with Gasteiger partial charge in [-0.2, -0.15) is 10.1 Å². The zero-order valence-corrected chi connectivity index (χ0v) is 23.7. The largest absolute Gasteiger partial charge is 0.459 e. The van der Waals surface area contributed by atoms with E-state index in [1.165, 1.54) is 50.4 Å². The minimum Gasteiger partial charge on any atom is -0.459 e. The molecule has 1 aromatic heterocycles. The van der Waals surface area contributed by atoms with Crippen LogP contribution >= 0.6 is 19.3 Å². The van der Waals surface area contributed by atoms with Gasteiger partial charge < -0.3 is 24.8 Å². The topological polar surface area (TPSA) is 164 Å². The predicted molar refractivity (Wildman–Crippen MR) is 147 cm³/mol. The van der Waals surface area contributed by atoms with Crippen molar-refractivity contribution >= 4 is 31.1 Å². The third-order valence-corrected chi connectivity index (χ3v) is 8.03. The molecule has 1 fully saturated rings. The Morgan fingerprint density at radius 2 is 1.90 bits per heavy atom. The zero-order chi connectivity index (χ0) is 29.8. The number of nitrogens with zero attached hydrogens (tertiary/aromatic N) is 2. The number of aliphatic hydroxyl groups excluding tert-OH is 1. The maximum atomic E-state index is 15.0. The molecule has 3 aromatic rings. The van der Waals surface area contributed by atoms with Crippen molar-refractivity contribution in [2.45, 2.75) is 50.6 Å². The molecule has 0 bridgehead atoms. The molecule has 4 rings (SSSR count). The number of nitrogens with one attached hydrogen (secondary N) is 1. The van der Waals surface area contributed by atoms with Crippen LogP contribution in [0.1, 0.15) is 25.6 Å². The number of ether oxygens (including phenoxy) is 2. The third kappa shape index (κ3) is 7.70. The highest BCUT2D eigenvalue weighted by molar-refractivity contribution is 7.52. The summed E-state index contributed by atoms with van der Waals surface area (Å²) in [6.07, 6.45) is -5.57. The number of hydrogen-bond acceptors (Lipinski definition) is 10. The lowest BCUT2D eigenvalue weighted by Crippen LogP contribution is -2.47. The summed E-state index contributed by atoms with van der Waals surface area (Å²) in [4.78, 5) is 28.6. The number of nitrogens with two attached hydrogens (primary N) is 1. The summed E-state index contributed by atoms with van der Waals surface area (Å²) in [5, 5.41) is 13.4. The average Bonchev–Trinajstić information content (AvgIpc) is 3.21. The Kier molecular flexibility index (Phi) is 9.48. The number of alkyl halides is 1. The van der Waals surface area contributed by atoms with Crippen LogP contribution in [0.4, 0.5) is 10.2 Å². The van der Waals surface area contributed by atoms with Gasteiger partial charge in [0.25, 0.3) is 0 Å². The van der Waals surface area contributed by atoms with Crippen LogP contribution in [0.5, 0.6) is 5.75 Å². The first-order chi connectivity index (χ1) is 19.4. The van der Waals surface area contributed by atoms with Crippen molar-refractivity contribution in [3.05, 3.63) is 87.9 Å². The van der Waals surface area contributed by atoms with Crippen molar-refractivity contribution in [2.75, 3.05) is 12.3 Å². The van der Waals surface area contributed by atoms with Gasteiger partial charge in [-0.1, -0.05) is 41.9 Å². The molecule has 5 unspecified atom stereocenters. The molecule has 41 heavy (non-hydrogen) atoms. The molecular formula is C26H29ClFN4O8P. The molecule has 1 saturated heterocycles. The molecule has 1 aliphatic heterocycles. The first kappa shape index (κ1) is 30.6. The Labute approximate surface area is 239 Å². The van der Waals surface area contributed by atoms with Gasteiger partial charge >= 0.3 is 19.4 Å². The molecule has 2 aromatic carbocycles. The van der Waals surface area contributed by atoms with Crippen molar-refractivity contribution in [1.29, 1.82) is 0 Å². The first-order valence-corrected chi connectivity index (χ1v) is 14.3. The van der Waals surface area contributed by atoms with Crippen LogP contribution in [0.3, 0.4) is 0 Å². The summed E-state index contributed by atoms with van der Waals surface area (Å²) < 4.78 is 51.8. The lowest BCUT2D eigenvalue weighted by molar-refractivity contribution is -0.151. The summed E-state index contributed by atoms with van der Waals surface area (Å²) in [7, 11) is -4.44. The quantitative estimate of drug-likeness (QED) is 0.215. The molecular weight excluding hydrogens is 582 g/mol. The number of hydrogen-bond donors (Lipinski definition) is 3. The van der Waals surface area contributed by atoms with Gasteiger partial charge in [0.1, 0.15) is 35.9 Å². The van der Waals surface area contributed by atoms with E-state index >= 15 is 0 Å². The number of benzene rings is 2. The number of esters is 1. The van der Waals surface area contributed by atoms with E-state index in [4.69, 9.17) is 35.9 Å². The van der Waals surface area contributed by atoms with E-state index in [0.29, 0.717) is 5.02 Å². The number of carbonyl (C=O) groups excluding carboxylic acids is 1. The van der Waals surface area contributed by atoms with Crippen molar-refractivity contribution in [2.24, 2.45) is 0 Å². The molecule has 0 aliphatic carbocycles. The molecule has 220 valence electrons. The second kappa shape index (κ2) is 12.7. The smallest absolute Gasteiger partial charge is 0.459 e. The Morgan fingerprint density at radius 3 is 2.56 bits per heavy atom. The summed E-state index contributed by atoms with van der Waals surface area (Å²) in [6, 6.07) is 16.1. The Bertz CT molecular complexity index is 1460. The predicted octanol–water partition coefficient (Wildman–Crippen LogP) is 3.39. The van der Waals surface area contributed by atoms with Gasteiger partial charge in [0.2, 0.25) is 0 Å². The average molecular weight is 611 g/mol.